The Morgan fingerprint density at radius 2 is 2.24 bits per heavy atom. The first kappa shape index (κ1) is 16.0. The Hall–Kier alpha value is -1.42. The summed E-state index contributed by atoms with van der Waals surface area (Å²) in [5, 5.41) is 3.90. The molecular weight excluding hydrogens is 288 g/mol. The lowest BCUT2D eigenvalue weighted by molar-refractivity contribution is 0.0527. The van der Waals surface area contributed by atoms with E-state index < -0.39 is 5.97 Å². The molecule has 0 spiro atoms. The molecular formula is C16H23ClN2O2. The van der Waals surface area contributed by atoms with Crippen molar-refractivity contribution in [2.24, 2.45) is 5.92 Å². The molecule has 1 fully saturated rings. The van der Waals surface area contributed by atoms with E-state index in [1.165, 1.54) is 12.8 Å². The fourth-order valence-electron chi connectivity index (χ4n) is 2.91. The van der Waals surface area contributed by atoms with Gasteiger partial charge >= 0.3 is 5.97 Å². The van der Waals surface area contributed by atoms with Crippen LogP contribution in [0.3, 0.4) is 0 Å². The highest BCUT2D eigenvalue weighted by Crippen LogP contribution is 2.33. The van der Waals surface area contributed by atoms with Gasteiger partial charge in [0.2, 0.25) is 0 Å². The fourth-order valence-corrected chi connectivity index (χ4v) is 3.20. The molecule has 1 aromatic rings. The van der Waals surface area contributed by atoms with Gasteiger partial charge < -0.3 is 15.8 Å². The number of hydrogen-bond acceptors (Lipinski definition) is 4. The number of benzene rings is 1. The summed E-state index contributed by atoms with van der Waals surface area (Å²) in [7, 11) is 0. The van der Waals surface area contributed by atoms with E-state index >= 15 is 0 Å². The Kier molecular flexibility index (Phi) is 5.34. The van der Waals surface area contributed by atoms with Gasteiger partial charge in [-0.15, -0.1) is 0 Å². The third-order valence-corrected chi connectivity index (χ3v) is 4.19. The van der Waals surface area contributed by atoms with Gasteiger partial charge in [-0.2, -0.15) is 0 Å². The minimum atomic E-state index is -0.391. The first-order valence-corrected chi connectivity index (χ1v) is 7.91. The highest BCUT2D eigenvalue weighted by molar-refractivity contribution is 6.34. The molecule has 0 aromatic heterocycles. The predicted molar refractivity (Wildman–Crippen MR) is 86.9 cm³/mol. The van der Waals surface area contributed by atoms with Gasteiger partial charge in [0.15, 0.2) is 0 Å². The van der Waals surface area contributed by atoms with E-state index in [1.807, 2.05) is 0 Å². The van der Waals surface area contributed by atoms with Crippen LogP contribution in [0.2, 0.25) is 5.02 Å². The number of esters is 1. The molecule has 0 amide bonds. The van der Waals surface area contributed by atoms with Gasteiger partial charge in [0.05, 0.1) is 22.9 Å². The van der Waals surface area contributed by atoms with Crippen LogP contribution in [0.1, 0.15) is 49.9 Å². The van der Waals surface area contributed by atoms with Gasteiger partial charge in [-0.05, 0) is 37.8 Å². The number of nitrogen functional groups attached to an aromatic ring is 1. The molecule has 0 heterocycles. The largest absolute Gasteiger partial charge is 0.462 e. The molecule has 2 rings (SSSR count). The Labute approximate surface area is 131 Å². The summed E-state index contributed by atoms with van der Waals surface area (Å²) in [6.07, 6.45) is 4.63. The third-order valence-electron chi connectivity index (χ3n) is 3.89. The first-order valence-electron chi connectivity index (χ1n) is 7.54. The van der Waals surface area contributed by atoms with Gasteiger partial charge in [0, 0.05) is 11.7 Å². The van der Waals surface area contributed by atoms with E-state index in [9.17, 15) is 4.79 Å². The highest BCUT2D eigenvalue weighted by Gasteiger charge is 2.23. The lowest BCUT2D eigenvalue weighted by Gasteiger charge is -2.29. The van der Waals surface area contributed by atoms with Crippen LogP contribution >= 0.6 is 11.6 Å². The lowest BCUT2D eigenvalue weighted by Crippen LogP contribution is -2.27. The monoisotopic (exact) mass is 310 g/mol. The van der Waals surface area contributed by atoms with Gasteiger partial charge in [0.25, 0.3) is 0 Å². The Morgan fingerprint density at radius 1 is 1.48 bits per heavy atom. The number of rotatable bonds is 4. The van der Waals surface area contributed by atoms with Crippen molar-refractivity contribution in [2.45, 2.75) is 45.6 Å². The van der Waals surface area contributed by atoms with E-state index in [0.29, 0.717) is 40.5 Å². The van der Waals surface area contributed by atoms with Crippen molar-refractivity contribution in [1.29, 1.82) is 0 Å². The van der Waals surface area contributed by atoms with E-state index in [0.717, 1.165) is 12.8 Å². The van der Waals surface area contributed by atoms with E-state index in [-0.39, 0.29) is 0 Å². The molecule has 0 aliphatic heterocycles. The quantitative estimate of drug-likeness (QED) is 0.649. The maximum atomic E-state index is 12.1. The molecule has 3 N–H and O–H groups in total. The van der Waals surface area contributed by atoms with Crippen LogP contribution in [-0.2, 0) is 4.74 Å². The number of halogens is 1. The van der Waals surface area contributed by atoms with Crippen molar-refractivity contribution in [2.75, 3.05) is 17.7 Å². The number of carbonyl (C=O) groups is 1. The summed E-state index contributed by atoms with van der Waals surface area (Å²) >= 11 is 6.28. The molecule has 4 nitrogen and oxygen atoms in total. The number of carbonyl (C=O) groups excluding carboxylic acids is 1. The summed E-state index contributed by atoms with van der Waals surface area (Å²) in [5.41, 5.74) is 7.32. The molecule has 1 aliphatic carbocycles. The van der Waals surface area contributed by atoms with Gasteiger partial charge in [-0.1, -0.05) is 31.4 Å². The van der Waals surface area contributed by atoms with Crippen molar-refractivity contribution in [3.63, 3.8) is 0 Å². The number of nitrogens with one attached hydrogen (secondary N) is 1. The molecule has 2 atom stereocenters. The zero-order valence-corrected chi connectivity index (χ0v) is 13.4. The average Bonchev–Trinajstić information content (AvgIpc) is 2.42. The van der Waals surface area contributed by atoms with Crippen molar-refractivity contribution < 1.29 is 9.53 Å². The minimum Gasteiger partial charge on any atom is -0.462 e. The standard InChI is InChI=1S/C16H23ClN2O2/c1-3-21-16(20)13-8-11(18)9-14(17)15(13)19-12-6-4-5-10(2)7-12/h8-10,12,19H,3-7,18H2,1-2H3. The van der Waals surface area contributed by atoms with Crippen molar-refractivity contribution in [3.8, 4) is 0 Å². The zero-order valence-electron chi connectivity index (χ0n) is 12.6. The SMILES string of the molecule is CCOC(=O)c1cc(N)cc(Cl)c1NC1CCCC(C)C1. The maximum absolute atomic E-state index is 12.1. The fraction of sp³-hybridized carbons (Fsp3) is 0.562. The number of ether oxygens (including phenoxy) is 1. The summed E-state index contributed by atoms with van der Waals surface area (Å²) < 4.78 is 5.10. The molecule has 1 aliphatic rings. The second-order valence-electron chi connectivity index (χ2n) is 5.76. The van der Waals surface area contributed by atoms with Crippen molar-refractivity contribution >= 4 is 28.9 Å². The smallest absolute Gasteiger partial charge is 0.340 e. The second-order valence-corrected chi connectivity index (χ2v) is 6.17. The summed E-state index contributed by atoms with van der Waals surface area (Å²) in [6, 6.07) is 3.63. The molecule has 1 aromatic carbocycles. The Bertz CT molecular complexity index is 519. The molecule has 1 saturated carbocycles. The van der Waals surface area contributed by atoms with Crippen molar-refractivity contribution in [3.05, 3.63) is 22.7 Å². The Balaban J connectivity index is 2.26. The number of nitrogens with two attached hydrogens (primary N) is 1. The van der Waals surface area contributed by atoms with E-state index in [4.69, 9.17) is 22.1 Å². The van der Waals surface area contributed by atoms with Crippen LogP contribution in [0.4, 0.5) is 11.4 Å². The molecule has 2 unspecified atom stereocenters. The van der Waals surface area contributed by atoms with Crippen LogP contribution in [0.5, 0.6) is 0 Å². The normalized spacial score (nSPS) is 21.9. The summed E-state index contributed by atoms with van der Waals surface area (Å²) in [4.78, 5) is 12.1. The average molecular weight is 311 g/mol. The first-order chi connectivity index (χ1) is 10.0. The third kappa shape index (κ3) is 4.03. The van der Waals surface area contributed by atoms with E-state index in [1.54, 1.807) is 19.1 Å². The summed E-state index contributed by atoms with van der Waals surface area (Å²) in [5.74, 6) is 0.299. The van der Waals surface area contributed by atoms with E-state index in [2.05, 4.69) is 12.2 Å². The van der Waals surface area contributed by atoms with Crippen LogP contribution < -0.4 is 11.1 Å². The number of anilines is 2. The van der Waals surface area contributed by atoms with Crippen LogP contribution in [-0.4, -0.2) is 18.6 Å². The molecule has 5 heteroatoms. The molecule has 0 bridgehead atoms. The molecule has 0 saturated heterocycles. The predicted octanol–water partition coefficient (Wildman–Crippen LogP) is 4.09. The number of hydrogen-bond donors (Lipinski definition) is 2. The highest BCUT2D eigenvalue weighted by atomic mass is 35.5. The van der Waals surface area contributed by atoms with Crippen LogP contribution in [0, 0.1) is 5.92 Å². The van der Waals surface area contributed by atoms with Gasteiger partial charge in [0.1, 0.15) is 0 Å². The minimum absolute atomic E-state index is 0.325. The Morgan fingerprint density at radius 3 is 2.90 bits per heavy atom. The summed E-state index contributed by atoms with van der Waals surface area (Å²) in [6.45, 7) is 4.36. The molecule has 116 valence electrons. The van der Waals surface area contributed by atoms with Crippen LogP contribution in [0.25, 0.3) is 0 Å². The van der Waals surface area contributed by atoms with Crippen molar-refractivity contribution in [1.82, 2.24) is 0 Å². The topological polar surface area (TPSA) is 64.3 Å². The van der Waals surface area contributed by atoms with Crippen LogP contribution in [0.15, 0.2) is 12.1 Å². The zero-order chi connectivity index (χ0) is 15.4. The van der Waals surface area contributed by atoms with Gasteiger partial charge in [-0.3, -0.25) is 0 Å². The van der Waals surface area contributed by atoms with Gasteiger partial charge in [-0.25, -0.2) is 4.79 Å². The molecule has 0 radical (unpaired) electrons. The second kappa shape index (κ2) is 7.03. The lowest BCUT2D eigenvalue weighted by atomic mass is 9.87. The molecule has 21 heavy (non-hydrogen) atoms. The maximum Gasteiger partial charge on any atom is 0.340 e.